The molecular formula is C21H19ClN4O4. The standard InChI is InChI=1S/C21H18N4O4.ClH/c22-12-15-5-9-17(10-6-15)21-24-13-18(29-21)20(27)23-11-1-2-14-3-7-16(8-4-14)19(26)25-28;/h3-10,13,28H,11-12,22H2,(H,23,27)(H,25,26);1H. The van der Waals surface area contributed by atoms with Crippen molar-refractivity contribution in [3.05, 3.63) is 77.2 Å². The fraction of sp³-hybridized carbons (Fsp3) is 0.0952. The lowest BCUT2D eigenvalue weighted by Gasteiger charge is -1.99. The van der Waals surface area contributed by atoms with E-state index < -0.39 is 11.8 Å². The van der Waals surface area contributed by atoms with E-state index >= 15 is 0 Å². The summed E-state index contributed by atoms with van der Waals surface area (Å²) in [5, 5.41) is 11.2. The lowest BCUT2D eigenvalue weighted by Crippen LogP contribution is -2.23. The fourth-order valence-electron chi connectivity index (χ4n) is 2.42. The van der Waals surface area contributed by atoms with Crippen molar-refractivity contribution in [2.24, 2.45) is 5.73 Å². The highest BCUT2D eigenvalue weighted by atomic mass is 35.5. The van der Waals surface area contributed by atoms with Gasteiger partial charge in [-0.25, -0.2) is 10.5 Å². The van der Waals surface area contributed by atoms with Gasteiger partial charge in [0.25, 0.3) is 11.8 Å². The van der Waals surface area contributed by atoms with Gasteiger partial charge in [0.2, 0.25) is 11.7 Å². The van der Waals surface area contributed by atoms with Crippen LogP contribution in [0, 0.1) is 11.8 Å². The highest BCUT2D eigenvalue weighted by molar-refractivity contribution is 5.93. The molecule has 0 radical (unpaired) electrons. The number of aromatic nitrogens is 1. The van der Waals surface area contributed by atoms with Crippen LogP contribution in [0.25, 0.3) is 11.5 Å². The third kappa shape index (κ3) is 5.68. The molecule has 8 nitrogen and oxygen atoms in total. The predicted molar refractivity (Wildman–Crippen MR) is 112 cm³/mol. The van der Waals surface area contributed by atoms with Crippen molar-refractivity contribution in [1.82, 2.24) is 15.8 Å². The number of nitrogens with two attached hydrogens (primary N) is 1. The summed E-state index contributed by atoms with van der Waals surface area (Å²) in [6.45, 7) is 0.557. The minimum atomic E-state index is -0.599. The molecule has 2 amide bonds. The monoisotopic (exact) mass is 426 g/mol. The number of carbonyl (C=O) groups excluding carboxylic acids is 2. The molecule has 3 rings (SSSR count). The minimum absolute atomic E-state index is 0. The van der Waals surface area contributed by atoms with Crippen molar-refractivity contribution in [2.45, 2.75) is 6.54 Å². The van der Waals surface area contributed by atoms with Gasteiger partial charge in [0, 0.05) is 23.2 Å². The first-order valence-corrected chi connectivity index (χ1v) is 8.67. The van der Waals surface area contributed by atoms with Gasteiger partial charge in [0.15, 0.2) is 0 Å². The minimum Gasteiger partial charge on any atom is -0.431 e. The topological polar surface area (TPSA) is 130 Å². The third-order valence-electron chi connectivity index (χ3n) is 3.98. The molecule has 0 aliphatic carbocycles. The Labute approximate surface area is 178 Å². The summed E-state index contributed by atoms with van der Waals surface area (Å²) in [5.41, 5.74) is 9.84. The van der Waals surface area contributed by atoms with Crippen LogP contribution in [0.2, 0.25) is 0 Å². The maximum absolute atomic E-state index is 12.2. The number of hydroxylamine groups is 1. The van der Waals surface area contributed by atoms with E-state index in [0.717, 1.165) is 11.1 Å². The van der Waals surface area contributed by atoms with E-state index in [1.165, 1.54) is 18.3 Å². The molecule has 9 heteroatoms. The molecule has 0 saturated carbocycles. The van der Waals surface area contributed by atoms with Gasteiger partial charge in [-0.15, -0.1) is 12.4 Å². The Hall–Kier alpha value is -3.64. The zero-order valence-corrected chi connectivity index (χ0v) is 16.5. The van der Waals surface area contributed by atoms with Crippen molar-refractivity contribution in [3.63, 3.8) is 0 Å². The van der Waals surface area contributed by atoms with Crippen molar-refractivity contribution in [1.29, 1.82) is 0 Å². The van der Waals surface area contributed by atoms with Gasteiger partial charge >= 0.3 is 0 Å². The van der Waals surface area contributed by atoms with Gasteiger partial charge in [-0.05, 0) is 42.0 Å². The van der Waals surface area contributed by atoms with Crippen molar-refractivity contribution < 1.29 is 19.2 Å². The fourth-order valence-corrected chi connectivity index (χ4v) is 2.42. The summed E-state index contributed by atoms with van der Waals surface area (Å²) >= 11 is 0. The number of hydrogen-bond acceptors (Lipinski definition) is 6. The van der Waals surface area contributed by atoms with E-state index in [0.29, 0.717) is 23.6 Å². The maximum Gasteiger partial charge on any atom is 0.289 e. The summed E-state index contributed by atoms with van der Waals surface area (Å²) in [5.74, 6) is 5.08. The second kappa shape index (κ2) is 10.8. The van der Waals surface area contributed by atoms with E-state index in [4.69, 9.17) is 15.4 Å². The summed E-state index contributed by atoms with van der Waals surface area (Å²) in [4.78, 5) is 27.5. The molecule has 0 aliphatic rings. The van der Waals surface area contributed by atoms with Crippen LogP contribution in [0.1, 0.15) is 32.0 Å². The Bertz CT molecular complexity index is 1070. The number of oxazole rings is 1. The van der Waals surface area contributed by atoms with Crippen LogP contribution in [0.5, 0.6) is 0 Å². The Morgan fingerprint density at radius 2 is 1.77 bits per heavy atom. The smallest absolute Gasteiger partial charge is 0.289 e. The Balaban J connectivity index is 0.00000320. The molecule has 0 saturated heterocycles. The normalized spacial score (nSPS) is 9.67. The van der Waals surface area contributed by atoms with Gasteiger partial charge in [-0.2, -0.15) is 0 Å². The Kier molecular flexibility index (Phi) is 8.14. The summed E-state index contributed by atoms with van der Waals surface area (Å²) < 4.78 is 5.51. The number of nitrogens with zero attached hydrogens (tertiary/aromatic N) is 1. The van der Waals surface area contributed by atoms with Crippen LogP contribution in [0.3, 0.4) is 0 Å². The van der Waals surface area contributed by atoms with Gasteiger partial charge in [0.1, 0.15) is 0 Å². The second-order valence-electron chi connectivity index (χ2n) is 5.93. The number of hydrogen-bond donors (Lipinski definition) is 4. The van der Waals surface area contributed by atoms with Crippen molar-refractivity contribution in [2.75, 3.05) is 6.54 Å². The zero-order valence-electron chi connectivity index (χ0n) is 15.7. The van der Waals surface area contributed by atoms with Crippen molar-refractivity contribution >= 4 is 24.2 Å². The molecule has 0 atom stereocenters. The van der Waals surface area contributed by atoms with Gasteiger partial charge < -0.3 is 15.5 Å². The molecule has 2 aromatic carbocycles. The first-order chi connectivity index (χ1) is 14.1. The van der Waals surface area contributed by atoms with Crippen LogP contribution in [0.15, 0.2) is 59.1 Å². The van der Waals surface area contributed by atoms with Crippen LogP contribution < -0.4 is 16.5 Å². The molecule has 0 unspecified atom stereocenters. The summed E-state index contributed by atoms with van der Waals surface area (Å²) in [6.07, 6.45) is 1.36. The number of amides is 2. The number of halogens is 1. The summed E-state index contributed by atoms with van der Waals surface area (Å²) in [7, 11) is 0. The molecule has 0 aliphatic heterocycles. The molecule has 5 N–H and O–H groups in total. The van der Waals surface area contributed by atoms with E-state index in [2.05, 4.69) is 22.1 Å². The quantitative estimate of drug-likeness (QED) is 0.281. The lowest BCUT2D eigenvalue weighted by atomic mass is 10.1. The number of nitrogens with one attached hydrogen (secondary N) is 2. The zero-order chi connectivity index (χ0) is 20.6. The molecule has 0 spiro atoms. The molecule has 3 aromatic rings. The highest BCUT2D eigenvalue weighted by Crippen LogP contribution is 2.19. The van der Waals surface area contributed by atoms with E-state index in [1.807, 2.05) is 24.3 Å². The maximum atomic E-state index is 12.2. The predicted octanol–water partition coefficient (Wildman–Crippen LogP) is 2.12. The molecule has 0 fully saturated rings. The number of carbonyl (C=O) groups is 2. The average Bonchev–Trinajstić information content (AvgIpc) is 3.27. The second-order valence-corrected chi connectivity index (χ2v) is 5.93. The molecule has 0 bridgehead atoms. The van der Waals surface area contributed by atoms with Crippen molar-refractivity contribution in [3.8, 4) is 23.3 Å². The lowest BCUT2D eigenvalue weighted by molar-refractivity contribution is 0.0706. The highest BCUT2D eigenvalue weighted by Gasteiger charge is 2.12. The average molecular weight is 427 g/mol. The first-order valence-electron chi connectivity index (χ1n) is 8.67. The molecule has 154 valence electrons. The van der Waals surface area contributed by atoms with Gasteiger partial charge in [0.05, 0.1) is 12.7 Å². The molecular weight excluding hydrogens is 408 g/mol. The largest absolute Gasteiger partial charge is 0.431 e. The SMILES string of the molecule is Cl.NCc1ccc(-c2ncc(C(=O)NCC#Cc3ccc(C(=O)NO)cc3)o2)cc1. The van der Waals surface area contributed by atoms with Crippen LogP contribution in [0.4, 0.5) is 0 Å². The Morgan fingerprint density at radius 3 is 2.40 bits per heavy atom. The van der Waals surface area contributed by atoms with Crippen LogP contribution in [-0.2, 0) is 6.54 Å². The number of benzene rings is 2. The number of rotatable bonds is 5. The molecule has 30 heavy (non-hydrogen) atoms. The van der Waals surface area contributed by atoms with Crippen LogP contribution >= 0.6 is 12.4 Å². The third-order valence-corrected chi connectivity index (χ3v) is 3.98. The Morgan fingerprint density at radius 1 is 1.07 bits per heavy atom. The van der Waals surface area contributed by atoms with E-state index in [1.54, 1.807) is 17.6 Å². The molecule has 1 heterocycles. The molecule has 1 aromatic heterocycles. The van der Waals surface area contributed by atoms with Gasteiger partial charge in [-0.3, -0.25) is 14.8 Å². The first kappa shape index (κ1) is 22.6. The van der Waals surface area contributed by atoms with Crippen LogP contribution in [-0.4, -0.2) is 28.6 Å². The van der Waals surface area contributed by atoms with Gasteiger partial charge in [-0.1, -0.05) is 24.0 Å². The summed E-state index contributed by atoms with van der Waals surface area (Å²) in [6, 6.07) is 13.7. The van der Waals surface area contributed by atoms with E-state index in [9.17, 15) is 9.59 Å². The van der Waals surface area contributed by atoms with E-state index in [-0.39, 0.29) is 24.7 Å².